The van der Waals surface area contributed by atoms with E-state index in [9.17, 15) is 0 Å². The van der Waals surface area contributed by atoms with Gasteiger partial charge in [-0.3, -0.25) is 4.99 Å². The van der Waals surface area contributed by atoms with Crippen LogP contribution in [0, 0.1) is 5.92 Å². The smallest absolute Gasteiger partial charge is 0.193 e. The van der Waals surface area contributed by atoms with Gasteiger partial charge < -0.3 is 19.9 Å². The number of benzene rings is 1. The number of likely N-dealkylation sites (N-methyl/N-ethyl adjacent to an activating group) is 1. The predicted octanol–water partition coefficient (Wildman–Crippen LogP) is 3.08. The summed E-state index contributed by atoms with van der Waals surface area (Å²) in [6.07, 6.45) is 3.84. The van der Waals surface area contributed by atoms with Gasteiger partial charge >= 0.3 is 0 Å². The van der Waals surface area contributed by atoms with Crippen molar-refractivity contribution in [3.8, 4) is 5.75 Å². The number of rotatable bonds is 9. The number of aliphatic imine (C=N–C) groups is 1. The zero-order valence-electron chi connectivity index (χ0n) is 16.8. The highest BCUT2D eigenvalue weighted by molar-refractivity contribution is 5.79. The summed E-state index contributed by atoms with van der Waals surface area (Å²) < 4.78 is 5.80. The Hall–Kier alpha value is -1.75. The fraction of sp³-hybridized carbons (Fsp3) is 0.667. The molecule has 1 saturated heterocycles. The van der Waals surface area contributed by atoms with Crippen LogP contribution in [0.25, 0.3) is 0 Å². The van der Waals surface area contributed by atoms with Gasteiger partial charge in [-0.1, -0.05) is 25.1 Å². The largest absolute Gasteiger partial charge is 0.492 e. The standard InChI is InChI=1S/C21H36N4O/c1-4-22-21(23-14-11-19-12-15-25(5-2)16-13-19)24(3)17-18-26-20-9-7-6-8-10-20/h6-10,19H,4-5,11-18H2,1-3H3,(H,22,23). The fourth-order valence-corrected chi connectivity index (χ4v) is 3.34. The monoisotopic (exact) mass is 360 g/mol. The number of likely N-dealkylation sites (tertiary alicyclic amines) is 1. The predicted molar refractivity (Wildman–Crippen MR) is 110 cm³/mol. The van der Waals surface area contributed by atoms with Crippen LogP contribution >= 0.6 is 0 Å². The highest BCUT2D eigenvalue weighted by Gasteiger charge is 2.17. The Bertz CT molecular complexity index is 512. The van der Waals surface area contributed by atoms with Gasteiger partial charge in [0.05, 0.1) is 6.54 Å². The first kappa shape index (κ1) is 20.6. The van der Waals surface area contributed by atoms with Gasteiger partial charge in [-0.2, -0.15) is 0 Å². The summed E-state index contributed by atoms with van der Waals surface area (Å²) >= 11 is 0. The van der Waals surface area contributed by atoms with Gasteiger partial charge in [-0.25, -0.2) is 0 Å². The number of hydrogen-bond acceptors (Lipinski definition) is 3. The molecule has 1 N–H and O–H groups in total. The lowest BCUT2D eigenvalue weighted by Crippen LogP contribution is -2.41. The summed E-state index contributed by atoms with van der Waals surface area (Å²) in [5.74, 6) is 2.73. The molecule has 5 heteroatoms. The summed E-state index contributed by atoms with van der Waals surface area (Å²) in [7, 11) is 2.08. The second kappa shape index (κ2) is 11.8. The maximum atomic E-state index is 5.80. The maximum absolute atomic E-state index is 5.80. The van der Waals surface area contributed by atoms with Gasteiger partial charge in [0.2, 0.25) is 0 Å². The molecular weight excluding hydrogens is 324 g/mol. The van der Waals surface area contributed by atoms with Crippen molar-refractivity contribution in [1.29, 1.82) is 0 Å². The van der Waals surface area contributed by atoms with Gasteiger partial charge in [-0.05, 0) is 63.9 Å². The van der Waals surface area contributed by atoms with E-state index in [2.05, 4.69) is 36.0 Å². The van der Waals surface area contributed by atoms with Gasteiger partial charge in [0.15, 0.2) is 5.96 Å². The molecule has 0 aromatic heterocycles. The lowest BCUT2D eigenvalue weighted by atomic mass is 9.94. The first-order valence-corrected chi connectivity index (χ1v) is 10.1. The first-order valence-electron chi connectivity index (χ1n) is 10.1. The molecule has 0 radical (unpaired) electrons. The third-order valence-electron chi connectivity index (χ3n) is 5.09. The second-order valence-electron chi connectivity index (χ2n) is 6.99. The Kier molecular flexibility index (Phi) is 9.32. The molecule has 0 bridgehead atoms. The van der Waals surface area contributed by atoms with Crippen LogP contribution in [0.2, 0.25) is 0 Å². The van der Waals surface area contributed by atoms with Crippen LogP contribution in [0.3, 0.4) is 0 Å². The SMILES string of the molecule is CCNC(=NCCC1CCN(CC)CC1)N(C)CCOc1ccccc1. The van der Waals surface area contributed by atoms with Crippen LogP contribution in [0.15, 0.2) is 35.3 Å². The summed E-state index contributed by atoms with van der Waals surface area (Å²) in [5, 5.41) is 3.40. The molecule has 146 valence electrons. The van der Waals surface area contributed by atoms with E-state index in [-0.39, 0.29) is 0 Å². The molecule has 0 unspecified atom stereocenters. The van der Waals surface area contributed by atoms with Gasteiger partial charge in [0.1, 0.15) is 12.4 Å². The molecule has 1 aromatic carbocycles. The minimum absolute atomic E-state index is 0.653. The van der Waals surface area contributed by atoms with Crippen molar-refractivity contribution in [3.05, 3.63) is 30.3 Å². The summed E-state index contributed by atoms with van der Waals surface area (Å²) in [6, 6.07) is 9.97. The Morgan fingerprint density at radius 2 is 1.96 bits per heavy atom. The number of ether oxygens (including phenoxy) is 1. The van der Waals surface area contributed by atoms with Crippen LogP contribution in [-0.4, -0.2) is 68.7 Å². The number of guanidine groups is 1. The van der Waals surface area contributed by atoms with Crippen LogP contribution in [0.5, 0.6) is 5.75 Å². The molecule has 0 atom stereocenters. The molecule has 1 aliphatic rings. The minimum Gasteiger partial charge on any atom is -0.492 e. The molecule has 0 aliphatic carbocycles. The summed E-state index contributed by atoms with van der Waals surface area (Å²) in [4.78, 5) is 9.54. The number of nitrogens with zero attached hydrogens (tertiary/aromatic N) is 3. The van der Waals surface area contributed by atoms with Crippen LogP contribution < -0.4 is 10.1 Å². The van der Waals surface area contributed by atoms with E-state index in [0.717, 1.165) is 37.3 Å². The van der Waals surface area contributed by atoms with E-state index in [0.29, 0.717) is 6.61 Å². The first-order chi connectivity index (χ1) is 12.7. The molecule has 0 amide bonds. The summed E-state index contributed by atoms with van der Waals surface area (Å²) in [6.45, 7) is 11.3. The Morgan fingerprint density at radius 1 is 1.23 bits per heavy atom. The van der Waals surface area contributed by atoms with Gasteiger partial charge in [0, 0.05) is 20.1 Å². The number of para-hydroxylation sites is 1. The van der Waals surface area contributed by atoms with Crippen molar-refractivity contribution in [2.75, 3.05) is 52.9 Å². The van der Waals surface area contributed by atoms with Crippen LogP contribution in [-0.2, 0) is 0 Å². The maximum Gasteiger partial charge on any atom is 0.193 e. The van der Waals surface area contributed by atoms with E-state index in [1.54, 1.807) is 0 Å². The molecule has 1 fully saturated rings. The molecule has 1 aliphatic heterocycles. The lowest BCUT2D eigenvalue weighted by Gasteiger charge is -2.30. The molecule has 1 aromatic rings. The van der Waals surface area contributed by atoms with Crippen molar-refractivity contribution < 1.29 is 4.74 Å². The highest BCUT2D eigenvalue weighted by atomic mass is 16.5. The number of hydrogen-bond donors (Lipinski definition) is 1. The average molecular weight is 361 g/mol. The fourth-order valence-electron chi connectivity index (χ4n) is 3.34. The van der Waals surface area contributed by atoms with Crippen molar-refractivity contribution in [1.82, 2.24) is 15.1 Å². The summed E-state index contributed by atoms with van der Waals surface area (Å²) in [5.41, 5.74) is 0. The second-order valence-corrected chi connectivity index (χ2v) is 6.99. The quantitative estimate of drug-likeness (QED) is 0.543. The van der Waals surface area contributed by atoms with Crippen molar-refractivity contribution in [2.45, 2.75) is 33.1 Å². The van der Waals surface area contributed by atoms with Crippen molar-refractivity contribution >= 4 is 5.96 Å². The van der Waals surface area contributed by atoms with Gasteiger partial charge in [-0.15, -0.1) is 0 Å². The third kappa shape index (κ3) is 7.24. The van der Waals surface area contributed by atoms with E-state index < -0.39 is 0 Å². The molecule has 26 heavy (non-hydrogen) atoms. The van der Waals surface area contributed by atoms with Crippen molar-refractivity contribution in [3.63, 3.8) is 0 Å². The van der Waals surface area contributed by atoms with E-state index in [4.69, 9.17) is 9.73 Å². The lowest BCUT2D eigenvalue weighted by molar-refractivity contribution is 0.188. The van der Waals surface area contributed by atoms with E-state index in [1.165, 1.54) is 38.9 Å². The molecule has 2 rings (SSSR count). The molecular formula is C21H36N4O. The molecule has 1 heterocycles. The molecule has 0 saturated carbocycles. The Morgan fingerprint density at radius 3 is 2.62 bits per heavy atom. The van der Waals surface area contributed by atoms with Crippen molar-refractivity contribution in [2.24, 2.45) is 10.9 Å². The van der Waals surface area contributed by atoms with E-state index >= 15 is 0 Å². The van der Waals surface area contributed by atoms with Gasteiger partial charge in [0.25, 0.3) is 0 Å². The third-order valence-corrected chi connectivity index (χ3v) is 5.09. The topological polar surface area (TPSA) is 40.1 Å². The highest BCUT2D eigenvalue weighted by Crippen LogP contribution is 2.20. The zero-order valence-corrected chi connectivity index (χ0v) is 16.8. The van der Waals surface area contributed by atoms with Crippen LogP contribution in [0.1, 0.15) is 33.1 Å². The Balaban J connectivity index is 1.72. The average Bonchev–Trinajstić information content (AvgIpc) is 2.68. The number of piperidine rings is 1. The zero-order chi connectivity index (χ0) is 18.6. The van der Waals surface area contributed by atoms with Crippen LogP contribution in [0.4, 0.5) is 0 Å². The molecule has 5 nitrogen and oxygen atoms in total. The minimum atomic E-state index is 0.653. The molecule has 0 spiro atoms. The normalized spacial score (nSPS) is 16.5. The number of nitrogens with one attached hydrogen (secondary N) is 1. The Labute approximate surface area is 159 Å². The van der Waals surface area contributed by atoms with E-state index in [1.807, 2.05) is 30.3 Å².